The Bertz CT molecular complexity index is 1240. The number of rotatable bonds is 5. The predicted octanol–water partition coefficient (Wildman–Crippen LogP) is 7.16. The minimum Gasteiger partial charge on any atom is -0.400 e. The van der Waals surface area contributed by atoms with Crippen molar-refractivity contribution < 1.29 is 9.31 Å². The summed E-state index contributed by atoms with van der Waals surface area (Å²) in [5, 5.41) is 0. The second-order valence-corrected chi connectivity index (χ2v) is 12.7. The fourth-order valence-corrected chi connectivity index (χ4v) is 6.12. The summed E-state index contributed by atoms with van der Waals surface area (Å²) in [5.74, 6) is 2.22. The normalized spacial score (nSPS) is 16.8. The van der Waals surface area contributed by atoms with E-state index < -0.39 is 18.3 Å². The smallest absolute Gasteiger partial charge is 0.400 e. The van der Waals surface area contributed by atoms with Gasteiger partial charge in [0.1, 0.15) is 0 Å². The van der Waals surface area contributed by atoms with Gasteiger partial charge in [0, 0.05) is 4.47 Å². The molecule has 37 heavy (non-hydrogen) atoms. The standard InChI is InChI=1S/C32H39B2BrO2/c1-20-15-22(3)29(23(4)16-20)34(30-24(5)17-21(2)18-25(30)6)28(26-11-13-27(35)14-12-26)19-33-36-31(7,8)32(9,10)37-33/h11-19H,1-10H3/b28-19-. The molecule has 4 rings (SSSR count). The first-order chi connectivity index (χ1) is 17.2. The summed E-state index contributed by atoms with van der Waals surface area (Å²) in [7, 11) is -0.441. The monoisotopic (exact) mass is 556 g/mol. The van der Waals surface area contributed by atoms with Gasteiger partial charge >= 0.3 is 7.12 Å². The van der Waals surface area contributed by atoms with E-state index in [0.29, 0.717) is 0 Å². The third-order valence-electron chi connectivity index (χ3n) is 8.13. The molecular weight excluding hydrogens is 518 g/mol. The van der Waals surface area contributed by atoms with Crippen LogP contribution in [0.1, 0.15) is 66.6 Å². The Morgan fingerprint density at radius 3 is 1.46 bits per heavy atom. The first-order valence-electron chi connectivity index (χ1n) is 13.2. The molecule has 1 aliphatic heterocycles. The van der Waals surface area contributed by atoms with Crippen molar-refractivity contribution >= 4 is 46.2 Å². The summed E-state index contributed by atoms with van der Waals surface area (Å²) in [6.45, 7) is 21.8. The molecule has 0 aliphatic carbocycles. The summed E-state index contributed by atoms with van der Waals surface area (Å²) in [6.07, 6.45) is 0. The minimum absolute atomic E-state index is 0.0291. The Kier molecular flexibility index (Phi) is 7.74. The van der Waals surface area contributed by atoms with Gasteiger partial charge in [-0.05, 0) is 86.9 Å². The highest BCUT2D eigenvalue weighted by Crippen LogP contribution is 2.38. The van der Waals surface area contributed by atoms with Crippen molar-refractivity contribution in [2.75, 3.05) is 0 Å². The van der Waals surface area contributed by atoms with Crippen LogP contribution in [0.25, 0.3) is 5.47 Å². The molecule has 1 aliphatic rings. The molecule has 0 bridgehead atoms. The van der Waals surface area contributed by atoms with Crippen molar-refractivity contribution in [2.45, 2.75) is 80.4 Å². The Balaban J connectivity index is 2.05. The van der Waals surface area contributed by atoms with Crippen molar-refractivity contribution in [2.24, 2.45) is 0 Å². The number of hydrogen-bond donors (Lipinski definition) is 0. The quantitative estimate of drug-likeness (QED) is 0.310. The summed E-state index contributed by atoms with van der Waals surface area (Å²) < 4.78 is 14.1. The molecule has 1 heterocycles. The lowest BCUT2D eigenvalue weighted by molar-refractivity contribution is 0.00578. The maximum absolute atomic E-state index is 6.51. The van der Waals surface area contributed by atoms with E-state index in [4.69, 9.17) is 9.31 Å². The van der Waals surface area contributed by atoms with E-state index in [9.17, 15) is 0 Å². The van der Waals surface area contributed by atoms with Crippen LogP contribution >= 0.6 is 15.9 Å². The van der Waals surface area contributed by atoms with E-state index in [-0.39, 0.29) is 6.71 Å². The predicted molar refractivity (Wildman–Crippen MR) is 165 cm³/mol. The molecule has 0 atom stereocenters. The van der Waals surface area contributed by atoms with Crippen LogP contribution in [0.4, 0.5) is 0 Å². The third kappa shape index (κ3) is 5.55. The molecule has 1 fully saturated rings. The average Bonchev–Trinajstić information content (AvgIpc) is 2.96. The van der Waals surface area contributed by atoms with E-state index in [1.807, 2.05) is 0 Å². The van der Waals surface area contributed by atoms with Crippen LogP contribution in [0.15, 0.2) is 59.0 Å². The van der Waals surface area contributed by atoms with Crippen molar-refractivity contribution in [3.63, 3.8) is 0 Å². The number of halogens is 1. The summed E-state index contributed by atoms with van der Waals surface area (Å²) in [5.41, 5.74) is 12.1. The van der Waals surface area contributed by atoms with Crippen molar-refractivity contribution in [3.05, 3.63) is 97.9 Å². The largest absolute Gasteiger partial charge is 0.486 e. The van der Waals surface area contributed by atoms with Crippen molar-refractivity contribution in [3.8, 4) is 0 Å². The van der Waals surface area contributed by atoms with Gasteiger partial charge in [-0.25, -0.2) is 0 Å². The molecule has 2 nitrogen and oxygen atoms in total. The lowest BCUT2D eigenvalue weighted by Gasteiger charge is -2.32. The van der Waals surface area contributed by atoms with E-state index in [1.54, 1.807) is 0 Å². The summed E-state index contributed by atoms with van der Waals surface area (Å²) in [6, 6.07) is 17.9. The van der Waals surface area contributed by atoms with Crippen LogP contribution in [0.5, 0.6) is 0 Å². The van der Waals surface area contributed by atoms with Crippen LogP contribution in [0, 0.1) is 41.5 Å². The van der Waals surface area contributed by atoms with Gasteiger partial charge < -0.3 is 9.31 Å². The molecule has 0 saturated carbocycles. The molecule has 192 valence electrons. The topological polar surface area (TPSA) is 18.5 Å². The Hall–Kier alpha value is -2.07. The highest BCUT2D eigenvalue weighted by atomic mass is 79.9. The first kappa shape index (κ1) is 28.0. The number of benzene rings is 3. The molecule has 3 aromatic rings. The summed E-state index contributed by atoms with van der Waals surface area (Å²) in [4.78, 5) is 0. The van der Waals surface area contributed by atoms with E-state index in [0.717, 1.165) is 4.47 Å². The molecule has 5 heteroatoms. The lowest BCUT2D eigenvalue weighted by Crippen LogP contribution is -2.49. The molecule has 0 unspecified atom stereocenters. The second kappa shape index (κ2) is 10.2. The highest BCUT2D eigenvalue weighted by molar-refractivity contribution is 9.10. The van der Waals surface area contributed by atoms with Crippen molar-refractivity contribution in [1.82, 2.24) is 0 Å². The minimum atomic E-state index is -0.441. The van der Waals surface area contributed by atoms with Crippen molar-refractivity contribution in [1.29, 1.82) is 0 Å². The number of aryl methyl sites for hydroxylation is 6. The molecule has 0 aromatic heterocycles. The average molecular weight is 557 g/mol. The third-order valence-corrected chi connectivity index (χ3v) is 8.66. The number of hydrogen-bond acceptors (Lipinski definition) is 2. The highest BCUT2D eigenvalue weighted by Gasteiger charge is 2.50. The maximum Gasteiger partial charge on any atom is 0.486 e. The van der Waals surface area contributed by atoms with Crippen LogP contribution in [-0.2, 0) is 9.31 Å². The second-order valence-electron chi connectivity index (χ2n) is 11.8. The molecule has 3 aromatic carbocycles. The van der Waals surface area contributed by atoms with Gasteiger partial charge in [0.2, 0.25) is 6.71 Å². The van der Waals surface area contributed by atoms with Gasteiger partial charge in [0.15, 0.2) is 0 Å². The zero-order valence-electron chi connectivity index (χ0n) is 24.0. The van der Waals surface area contributed by atoms with Crippen LogP contribution in [0.2, 0.25) is 0 Å². The van der Waals surface area contributed by atoms with E-state index >= 15 is 0 Å². The van der Waals surface area contributed by atoms with Gasteiger partial charge in [-0.3, -0.25) is 0 Å². The van der Waals surface area contributed by atoms with Gasteiger partial charge in [-0.1, -0.05) is 108 Å². The fourth-order valence-electron chi connectivity index (χ4n) is 5.85. The molecule has 0 N–H and O–H groups in total. The summed E-state index contributed by atoms with van der Waals surface area (Å²) >= 11 is 3.63. The first-order valence-corrected chi connectivity index (χ1v) is 14.0. The molecule has 0 amide bonds. The maximum atomic E-state index is 6.51. The van der Waals surface area contributed by atoms with Crippen LogP contribution in [0.3, 0.4) is 0 Å². The molecular formula is C32H39B2BrO2. The fraction of sp³-hybridized carbons (Fsp3) is 0.375. The van der Waals surface area contributed by atoms with Gasteiger partial charge in [-0.15, -0.1) is 0 Å². The molecule has 1 saturated heterocycles. The van der Waals surface area contributed by atoms with E-state index in [1.165, 1.54) is 55.3 Å². The van der Waals surface area contributed by atoms with Crippen LogP contribution < -0.4 is 10.9 Å². The Morgan fingerprint density at radius 2 is 1.08 bits per heavy atom. The zero-order chi connectivity index (χ0) is 27.3. The van der Waals surface area contributed by atoms with Crippen LogP contribution in [-0.4, -0.2) is 25.0 Å². The Morgan fingerprint density at radius 1 is 0.703 bits per heavy atom. The van der Waals surface area contributed by atoms with E-state index in [2.05, 4.69) is 140 Å². The molecule has 0 radical (unpaired) electrons. The molecule has 0 spiro atoms. The SMILES string of the molecule is Cc1cc(C)c(B(/C(=C\B2OC(C)(C)C(C)(C)O2)c2ccc(Br)cc2)c2c(C)cc(C)cc2C)c(C)c1. The zero-order valence-corrected chi connectivity index (χ0v) is 25.6. The Labute approximate surface area is 233 Å². The lowest BCUT2D eigenvalue weighted by atomic mass is 9.32. The van der Waals surface area contributed by atoms with Gasteiger partial charge in [-0.2, -0.15) is 0 Å². The van der Waals surface area contributed by atoms with Gasteiger partial charge in [0.25, 0.3) is 0 Å². The van der Waals surface area contributed by atoms with Gasteiger partial charge in [0.05, 0.1) is 11.2 Å².